The van der Waals surface area contributed by atoms with Crippen molar-refractivity contribution in [1.29, 1.82) is 0 Å². The summed E-state index contributed by atoms with van der Waals surface area (Å²) in [5.74, 6) is 1.40. The molecule has 2 aliphatic heterocycles. The number of morpholine rings is 1. The largest absolute Gasteiger partial charge is 0.379 e. The second-order valence-corrected chi connectivity index (χ2v) is 9.29. The Morgan fingerprint density at radius 2 is 2.00 bits per heavy atom. The lowest BCUT2D eigenvalue weighted by Gasteiger charge is -2.34. The molecule has 0 aliphatic carbocycles. The number of nitrogens with zero attached hydrogens (tertiary/aromatic N) is 6. The number of nitrogens with one attached hydrogen (secondary N) is 2. The van der Waals surface area contributed by atoms with E-state index >= 15 is 0 Å². The predicted molar refractivity (Wildman–Crippen MR) is 130 cm³/mol. The van der Waals surface area contributed by atoms with Crippen LogP contribution in [0.4, 0.5) is 11.8 Å². The van der Waals surface area contributed by atoms with Crippen LogP contribution in [0.15, 0.2) is 34.7 Å². The Morgan fingerprint density at radius 1 is 1.19 bits per heavy atom. The molecule has 9 nitrogen and oxygen atoms in total. The Kier molecular flexibility index (Phi) is 8.43. The molecule has 0 bridgehead atoms. The fraction of sp³-hybridized carbons (Fsp3) is 0.571. The zero-order valence-corrected chi connectivity index (χ0v) is 20.0. The summed E-state index contributed by atoms with van der Waals surface area (Å²) in [5, 5.41) is 8.41. The third kappa shape index (κ3) is 6.71. The Labute approximate surface area is 198 Å². The molecule has 4 rings (SSSR count). The van der Waals surface area contributed by atoms with Crippen molar-refractivity contribution in [3.05, 3.63) is 24.5 Å². The molecule has 0 unspecified atom stereocenters. The highest BCUT2D eigenvalue weighted by Crippen LogP contribution is 2.29. The van der Waals surface area contributed by atoms with Crippen LogP contribution in [-0.2, 0) is 4.74 Å². The third-order valence-corrected chi connectivity index (χ3v) is 6.63. The second-order valence-electron chi connectivity index (χ2n) is 7.89. The molecular weight excluding hydrogens is 444 g/mol. The molecular formula is C21H30N8OS2. The first-order valence-electron chi connectivity index (χ1n) is 11.1. The standard InChI is InChI=1S/C21H30N8OS2/c1-16-5-2-3-9-29(16)17-15-18(32-21-23-6-4-7-24-21)26-19(25-17)27-20(31)22-8-10-28-11-13-30-14-12-28/h4,6-7,15-16H,2-3,5,8-14H2,1H3,(H2,22,25,26,27,31)/t16-/m0/s1. The van der Waals surface area contributed by atoms with Crippen molar-refractivity contribution in [2.45, 2.75) is 42.4 Å². The molecule has 0 radical (unpaired) electrons. The van der Waals surface area contributed by atoms with Gasteiger partial charge in [0.25, 0.3) is 0 Å². The maximum absolute atomic E-state index is 5.51. The van der Waals surface area contributed by atoms with E-state index in [9.17, 15) is 0 Å². The molecule has 2 fully saturated rings. The molecule has 2 N–H and O–H groups in total. The van der Waals surface area contributed by atoms with Gasteiger partial charge in [-0.25, -0.2) is 15.0 Å². The number of aromatic nitrogens is 4. The smallest absolute Gasteiger partial charge is 0.232 e. The van der Waals surface area contributed by atoms with Crippen LogP contribution in [0.2, 0.25) is 0 Å². The SMILES string of the molecule is C[C@H]1CCCCN1c1cc(Sc2ncccn2)nc(NC(=S)NCCN2CCOCC2)n1. The van der Waals surface area contributed by atoms with Crippen LogP contribution < -0.4 is 15.5 Å². The van der Waals surface area contributed by atoms with E-state index in [-0.39, 0.29) is 0 Å². The van der Waals surface area contributed by atoms with E-state index in [1.165, 1.54) is 31.0 Å². The van der Waals surface area contributed by atoms with Gasteiger partial charge in [-0.05, 0) is 56.2 Å². The van der Waals surface area contributed by atoms with Gasteiger partial charge >= 0.3 is 0 Å². The summed E-state index contributed by atoms with van der Waals surface area (Å²) in [6.45, 7) is 8.43. The summed E-state index contributed by atoms with van der Waals surface area (Å²) in [7, 11) is 0. The molecule has 2 aliphatic rings. The molecule has 1 atom stereocenters. The highest BCUT2D eigenvalue weighted by Gasteiger charge is 2.21. The van der Waals surface area contributed by atoms with Gasteiger partial charge in [-0.1, -0.05) is 0 Å². The topological polar surface area (TPSA) is 91.3 Å². The van der Waals surface area contributed by atoms with Crippen molar-refractivity contribution in [1.82, 2.24) is 30.2 Å². The maximum Gasteiger partial charge on any atom is 0.232 e. The quantitative estimate of drug-likeness (QED) is 0.352. The van der Waals surface area contributed by atoms with Gasteiger partial charge in [-0.15, -0.1) is 0 Å². The fourth-order valence-electron chi connectivity index (χ4n) is 3.84. The molecule has 2 saturated heterocycles. The first-order valence-corrected chi connectivity index (χ1v) is 12.4. The number of hydrogen-bond donors (Lipinski definition) is 2. The van der Waals surface area contributed by atoms with Crippen molar-refractivity contribution >= 4 is 40.9 Å². The van der Waals surface area contributed by atoms with E-state index in [0.29, 0.717) is 22.3 Å². The van der Waals surface area contributed by atoms with Gasteiger partial charge in [0.2, 0.25) is 5.95 Å². The van der Waals surface area contributed by atoms with Gasteiger partial charge in [0.05, 0.1) is 13.2 Å². The fourth-order valence-corrected chi connectivity index (χ4v) is 4.74. The first kappa shape index (κ1) is 23.1. The van der Waals surface area contributed by atoms with Crippen molar-refractivity contribution in [2.24, 2.45) is 0 Å². The molecule has 4 heterocycles. The van der Waals surface area contributed by atoms with E-state index in [2.05, 4.69) is 42.3 Å². The van der Waals surface area contributed by atoms with Crippen molar-refractivity contribution < 1.29 is 4.74 Å². The molecule has 0 amide bonds. The minimum Gasteiger partial charge on any atom is -0.379 e. The minimum absolute atomic E-state index is 0.441. The number of ether oxygens (including phenoxy) is 1. The molecule has 11 heteroatoms. The molecule has 32 heavy (non-hydrogen) atoms. The zero-order valence-electron chi connectivity index (χ0n) is 18.4. The Balaban J connectivity index is 1.43. The van der Waals surface area contributed by atoms with Gasteiger partial charge in [-0.3, -0.25) is 4.90 Å². The summed E-state index contributed by atoms with van der Waals surface area (Å²) in [5.41, 5.74) is 0. The Morgan fingerprint density at radius 3 is 2.78 bits per heavy atom. The number of rotatable bonds is 7. The highest BCUT2D eigenvalue weighted by molar-refractivity contribution is 7.99. The molecule has 0 saturated carbocycles. The average Bonchev–Trinajstić information content (AvgIpc) is 2.80. The monoisotopic (exact) mass is 474 g/mol. The first-order chi connectivity index (χ1) is 15.7. The Bertz CT molecular complexity index is 881. The Hall–Kier alpha value is -2.08. The highest BCUT2D eigenvalue weighted by atomic mass is 32.2. The van der Waals surface area contributed by atoms with Crippen LogP contribution in [0.1, 0.15) is 26.2 Å². The van der Waals surface area contributed by atoms with Crippen LogP contribution in [0.5, 0.6) is 0 Å². The van der Waals surface area contributed by atoms with Crippen LogP contribution >= 0.6 is 24.0 Å². The lowest BCUT2D eigenvalue weighted by atomic mass is 10.0. The van der Waals surface area contributed by atoms with Gasteiger partial charge < -0.3 is 20.3 Å². The van der Waals surface area contributed by atoms with E-state index in [0.717, 1.165) is 56.8 Å². The van der Waals surface area contributed by atoms with Crippen LogP contribution in [0.3, 0.4) is 0 Å². The van der Waals surface area contributed by atoms with E-state index < -0.39 is 0 Å². The molecule has 172 valence electrons. The van der Waals surface area contributed by atoms with Gasteiger partial charge in [-0.2, -0.15) is 4.98 Å². The van der Waals surface area contributed by atoms with E-state index in [1.807, 2.05) is 6.07 Å². The van der Waals surface area contributed by atoms with Crippen LogP contribution in [0.25, 0.3) is 0 Å². The second kappa shape index (κ2) is 11.7. The van der Waals surface area contributed by atoms with Crippen LogP contribution in [-0.4, -0.2) is 81.9 Å². The van der Waals surface area contributed by atoms with E-state index in [1.54, 1.807) is 18.5 Å². The van der Waals surface area contributed by atoms with Crippen LogP contribution in [0, 0.1) is 0 Å². The molecule has 2 aromatic rings. The van der Waals surface area contributed by atoms with Gasteiger partial charge in [0, 0.05) is 57.2 Å². The van der Waals surface area contributed by atoms with Gasteiger partial charge in [0.1, 0.15) is 10.8 Å². The predicted octanol–water partition coefficient (Wildman–Crippen LogP) is 2.42. The molecule has 0 aromatic carbocycles. The number of hydrogen-bond acceptors (Lipinski definition) is 9. The molecule has 0 spiro atoms. The lowest BCUT2D eigenvalue weighted by molar-refractivity contribution is 0.0389. The summed E-state index contributed by atoms with van der Waals surface area (Å²) in [6.07, 6.45) is 7.06. The summed E-state index contributed by atoms with van der Waals surface area (Å²) in [6, 6.07) is 4.26. The average molecular weight is 475 g/mol. The summed E-state index contributed by atoms with van der Waals surface area (Å²) >= 11 is 6.93. The molecule has 2 aromatic heterocycles. The number of thiocarbonyl (C=S) groups is 1. The zero-order chi connectivity index (χ0) is 22.2. The number of anilines is 2. The number of piperidine rings is 1. The van der Waals surface area contributed by atoms with Crippen molar-refractivity contribution in [3.63, 3.8) is 0 Å². The lowest BCUT2D eigenvalue weighted by Crippen LogP contribution is -2.42. The van der Waals surface area contributed by atoms with Gasteiger partial charge in [0.15, 0.2) is 10.3 Å². The maximum atomic E-state index is 5.51. The summed E-state index contributed by atoms with van der Waals surface area (Å²) < 4.78 is 5.40. The third-order valence-electron chi connectivity index (χ3n) is 5.57. The van der Waals surface area contributed by atoms with Crippen molar-refractivity contribution in [2.75, 3.05) is 56.2 Å². The minimum atomic E-state index is 0.441. The van der Waals surface area contributed by atoms with E-state index in [4.69, 9.17) is 21.9 Å². The van der Waals surface area contributed by atoms with Crippen molar-refractivity contribution in [3.8, 4) is 0 Å². The normalized spacial score (nSPS) is 19.5. The summed E-state index contributed by atoms with van der Waals surface area (Å²) in [4.78, 5) is 22.8.